The van der Waals surface area contributed by atoms with Crippen LogP contribution in [0.5, 0.6) is 0 Å². The van der Waals surface area contributed by atoms with Crippen molar-refractivity contribution in [3.63, 3.8) is 0 Å². The number of aliphatic carboxylic acids is 1. The third kappa shape index (κ3) is 2.19. The highest BCUT2D eigenvalue weighted by Gasteiger charge is 2.49. The zero-order chi connectivity index (χ0) is 13.5. The molecule has 2 saturated heterocycles. The van der Waals surface area contributed by atoms with Gasteiger partial charge in [0, 0.05) is 19.2 Å². The average Bonchev–Trinajstić information content (AvgIpc) is 2.83. The van der Waals surface area contributed by atoms with Gasteiger partial charge in [0.25, 0.3) is 0 Å². The van der Waals surface area contributed by atoms with Gasteiger partial charge in [-0.25, -0.2) is 0 Å². The number of hydrogen-bond donors (Lipinski definition) is 1. The molecule has 3 aliphatic rings. The van der Waals surface area contributed by atoms with Crippen LogP contribution in [0.4, 0.5) is 0 Å². The molecule has 4 heteroatoms. The van der Waals surface area contributed by atoms with Crippen LogP contribution < -0.4 is 0 Å². The van der Waals surface area contributed by atoms with Gasteiger partial charge in [0.1, 0.15) is 0 Å². The maximum atomic E-state index is 11.5. The van der Waals surface area contributed by atoms with Crippen LogP contribution in [0.1, 0.15) is 51.9 Å². The molecule has 1 saturated carbocycles. The fraction of sp³-hybridized carbons (Fsp3) is 0.933. The number of carboxylic acid groups (broad SMARTS) is 1. The van der Waals surface area contributed by atoms with Crippen molar-refractivity contribution in [1.29, 1.82) is 0 Å². The smallest absolute Gasteiger partial charge is 0.310 e. The molecule has 2 atom stereocenters. The molecule has 19 heavy (non-hydrogen) atoms. The van der Waals surface area contributed by atoms with Crippen LogP contribution >= 0.6 is 0 Å². The summed E-state index contributed by atoms with van der Waals surface area (Å²) in [4.78, 5) is 14.0. The van der Waals surface area contributed by atoms with Gasteiger partial charge in [0.05, 0.1) is 11.0 Å². The van der Waals surface area contributed by atoms with Crippen LogP contribution in [0.15, 0.2) is 0 Å². The molecule has 108 valence electrons. The van der Waals surface area contributed by atoms with Crippen LogP contribution in [-0.2, 0) is 9.53 Å². The van der Waals surface area contributed by atoms with E-state index >= 15 is 0 Å². The number of rotatable bonds is 3. The Hall–Kier alpha value is -0.610. The second-order valence-corrected chi connectivity index (χ2v) is 6.69. The van der Waals surface area contributed by atoms with Crippen molar-refractivity contribution < 1.29 is 14.6 Å². The molecule has 2 unspecified atom stereocenters. The second-order valence-electron chi connectivity index (χ2n) is 6.69. The normalized spacial score (nSPS) is 38.3. The van der Waals surface area contributed by atoms with Gasteiger partial charge in [0.15, 0.2) is 0 Å². The highest BCUT2D eigenvalue weighted by Crippen LogP contribution is 2.45. The minimum absolute atomic E-state index is 0.156. The van der Waals surface area contributed by atoms with Gasteiger partial charge in [-0.1, -0.05) is 6.92 Å². The summed E-state index contributed by atoms with van der Waals surface area (Å²) >= 11 is 0. The lowest BCUT2D eigenvalue weighted by atomic mass is 9.73. The van der Waals surface area contributed by atoms with Crippen molar-refractivity contribution in [3.8, 4) is 0 Å². The molecule has 3 fully saturated rings. The lowest BCUT2D eigenvalue weighted by Gasteiger charge is -2.49. The van der Waals surface area contributed by atoms with E-state index in [9.17, 15) is 9.90 Å². The molecule has 2 heterocycles. The molecule has 1 aliphatic carbocycles. The van der Waals surface area contributed by atoms with Crippen molar-refractivity contribution in [2.75, 3.05) is 19.7 Å². The van der Waals surface area contributed by atoms with E-state index in [0.717, 1.165) is 45.4 Å². The first-order chi connectivity index (χ1) is 9.09. The van der Waals surface area contributed by atoms with Crippen molar-refractivity contribution in [2.24, 2.45) is 5.41 Å². The van der Waals surface area contributed by atoms with E-state index in [-0.39, 0.29) is 5.60 Å². The van der Waals surface area contributed by atoms with E-state index in [1.54, 1.807) is 0 Å². The summed E-state index contributed by atoms with van der Waals surface area (Å²) in [6.07, 6.45) is 7.44. The third-order valence-electron chi connectivity index (χ3n) is 5.76. The number of carboxylic acids is 1. The molecule has 1 N–H and O–H groups in total. The molecule has 3 rings (SSSR count). The van der Waals surface area contributed by atoms with Gasteiger partial charge in [-0.3, -0.25) is 9.69 Å². The van der Waals surface area contributed by atoms with E-state index in [4.69, 9.17) is 4.74 Å². The van der Waals surface area contributed by atoms with Gasteiger partial charge in [-0.15, -0.1) is 0 Å². The quantitative estimate of drug-likeness (QED) is 0.852. The SMILES string of the molecule is CCC1(C(=O)O)CCN(C2CCOC3(CCC3)C2)C1. The van der Waals surface area contributed by atoms with Crippen molar-refractivity contribution in [3.05, 3.63) is 0 Å². The minimum Gasteiger partial charge on any atom is -0.481 e. The van der Waals surface area contributed by atoms with Crippen LogP contribution in [0, 0.1) is 5.41 Å². The summed E-state index contributed by atoms with van der Waals surface area (Å²) in [6, 6.07) is 0.543. The molecule has 0 aromatic rings. The Morgan fingerprint density at radius 2 is 2.21 bits per heavy atom. The molecule has 1 spiro atoms. The molecule has 2 aliphatic heterocycles. The predicted molar refractivity (Wildman–Crippen MR) is 72.1 cm³/mol. The number of nitrogens with zero attached hydrogens (tertiary/aromatic N) is 1. The topological polar surface area (TPSA) is 49.8 Å². The van der Waals surface area contributed by atoms with E-state index in [1.807, 2.05) is 6.92 Å². The lowest BCUT2D eigenvalue weighted by molar-refractivity contribution is -0.152. The van der Waals surface area contributed by atoms with Gasteiger partial charge >= 0.3 is 5.97 Å². The van der Waals surface area contributed by atoms with Crippen LogP contribution in [0.3, 0.4) is 0 Å². The highest BCUT2D eigenvalue weighted by molar-refractivity contribution is 5.75. The second kappa shape index (κ2) is 4.74. The molecule has 0 aromatic heterocycles. The predicted octanol–water partition coefficient (Wildman–Crippen LogP) is 2.27. The minimum atomic E-state index is -0.608. The van der Waals surface area contributed by atoms with Crippen LogP contribution in [-0.4, -0.2) is 47.3 Å². The highest BCUT2D eigenvalue weighted by atomic mass is 16.5. The Bertz CT molecular complexity index is 366. The summed E-state index contributed by atoms with van der Waals surface area (Å²) in [6.45, 7) is 4.54. The fourth-order valence-corrected chi connectivity index (χ4v) is 4.06. The first-order valence-electron chi connectivity index (χ1n) is 7.71. The molecule has 0 aromatic carbocycles. The largest absolute Gasteiger partial charge is 0.481 e. The fourth-order valence-electron chi connectivity index (χ4n) is 4.06. The van der Waals surface area contributed by atoms with Crippen LogP contribution in [0.2, 0.25) is 0 Å². The van der Waals surface area contributed by atoms with E-state index in [1.165, 1.54) is 19.3 Å². The standard InChI is InChI=1S/C15H25NO3/c1-2-14(13(17)18)7-8-16(11-14)12-4-9-19-15(10-12)5-3-6-15/h12H,2-11H2,1H3,(H,17,18). The first kappa shape index (κ1) is 13.4. The van der Waals surface area contributed by atoms with Gasteiger partial charge in [-0.2, -0.15) is 0 Å². The Labute approximate surface area is 115 Å². The maximum absolute atomic E-state index is 11.5. The molecular formula is C15H25NO3. The Morgan fingerprint density at radius 3 is 2.74 bits per heavy atom. The van der Waals surface area contributed by atoms with E-state index in [0.29, 0.717) is 6.04 Å². The summed E-state index contributed by atoms with van der Waals surface area (Å²) in [5, 5.41) is 9.49. The number of carbonyl (C=O) groups is 1. The number of hydrogen-bond acceptors (Lipinski definition) is 3. The molecule has 0 amide bonds. The monoisotopic (exact) mass is 267 g/mol. The summed E-state index contributed by atoms with van der Waals surface area (Å²) < 4.78 is 5.97. The van der Waals surface area contributed by atoms with Gasteiger partial charge in [-0.05, 0) is 51.5 Å². The zero-order valence-electron chi connectivity index (χ0n) is 11.9. The zero-order valence-corrected chi connectivity index (χ0v) is 11.9. The Kier molecular flexibility index (Phi) is 3.34. The van der Waals surface area contributed by atoms with E-state index < -0.39 is 11.4 Å². The van der Waals surface area contributed by atoms with Crippen molar-refractivity contribution >= 4 is 5.97 Å². The number of likely N-dealkylation sites (tertiary alicyclic amines) is 1. The molecule has 4 nitrogen and oxygen atoms in total. The maximum Gasteiger partial charge on any atom is 0.310 e. The summed E-state index contributed by atoms with van der Waals surface area (Å²) in [7, 11) is 0. The van der Waals surface area contributed by atoms with Crippen molar-refractivity contribution in [1.82, 2.24) is 4.90 Å². The van der Waals surface area contributed by atoms with Gasteiger partial charge in [0.2, 0.25) is 0 Å². The first-order valence-corrected chi connectivity index (χ1v) is 7.71. The summed E-state index contributed by atoms with van der Waals surface area (Å²) in [5.74, 6) is -0.608. The number of ether oxygens (including phenoxy) is 1. The Morgan fingerprint density at radius 1 is 1.42 bits per heavy atom. The average molecular weight is 267 g/mol. The summed E-state index contributed by atoms with van der Waals surface area (Å²) in [5.41, 5.74) is -0.339. The Balaban J connectivity index is 1.65. The molecule has 0 bridgehead atoms. The van der Waals surface area contributed by atoms with Crippen molar-refractivity contribution in [2.45, 2.75) is 63.5 Å². The van der Waals surface area contributed by atoms with Crippen LogP contribution in [0.25, 0.3) is 0 Å². The third-order valence-corrected chi connectivity index (χ3v) is 5.76. The molecular weight excluding hydrogens is 242 g/mol. The van der Waals surface area contributed by atoms with E-state index in [2.05, 4.69) is 4.90 Å². The lowest BCUT2D eigenvalue weighted by Crippen LogP contribution is -2.52. The van der Waals surface area contributed by atoms with Gasteiger partial charge < -0.3 is 9.84 Å². The molecule has 0 radical (unpaired) electrons.